The molecule has 0 unspecified atom stereocenters. The minimum absolute atomic E-state index is 0.0839. The first-order valence-corrected chi connectivity index (χ1v) is 9.73. The molecule has 0 spiro atoms. The summed E-state index contributed by atoms with van der Waals surface area (Å²) in [6, 6.07) is 20.3. The number of aromatic amines is 1. The maximum atomic E-state index is 13.1. The van der Waals surface area contributed by atoms with E-state index in [-0.39, 0.29) is 5.43 Å². The van der Waals surface area contributed by atoms with Gasteiger partial charge in [-0.25, -0.2) is 0 Å². The Kier molecular flexibility index (Phi) is 3.33. The van der Waals surface area contributed by atoms with Crippen molar-refractivity contribution in [3.05, 3.63) is 81.6 Å². The molecule has 0 saturated carbocycles. The van der Waals surface area contributed by atoms with Crippen molar-refractivity contribution in [3.8, 4) is 20.9 Å². The third kappa shape index (κ3) is 2.42. The third-order valence-electron chi connectivity index (χ3n) is 4.41. The first-order chi connectivity index (χ1) is 12.3. The lowest BCUT2D eigenvalue weighted by molar-refractivity contribution is 1.48. The third-order valence-corrected chi connectivity index (χ3v) is 6.25. The highest BCUT2D eigenvalue weighted by molar-refractivity contribution is 7.13. The molecule has 2 aromatic carbocycles. The fourth-order valence-electron chi connectivity index (χ4n) is 3.16. The summed E-state index contributed by atoms with van der Waals surface area (Å²) in [5.41, 5.74) is 4.01. The molecule has 2 nitrogen and oxygen atoms in total. The second-order valence-corrected chi connectivity index (χ2v) is 7.82. The molecule has 0 aliphatic heterocycles. The Hall–Kier alpha value is -2.69. The van der Waals surface area contributed by atoms with E-state index >= 15 is 0 Å². The van der Waals surface area contributed by atoms with Gasteiger partial charge in [-0.05, 0) is 58.3 Å². The van der Waals surface area contributed by atoms with Gasteiger partial charge < -0.3 is 4.98 Å². The van der Waals surface area contributed by atoms with Crippen molar-refractivity contribution in [1.82, 2.24) is 4.98 Å². The Balaban J connectivity index is 1.78. The van der Waals surface area contributed by atoms with Crippen LogP contribution < -0.4 is 5.43 Å². The summed E-state index contributed by atoms with van der Waals surface area (Å²) in [6.07, 6.45) is 0. The summed E-state index contributed by atoms with van der Waals surface area (Å²) in [5.74, 6) is 0. The summed E-state index contributed by atoms with van der Waals surface area (Å²) in [7, 11) is 0. The van der Waals surface area contributed by atoms with Gasteiger partial charge in [0.1, 0.15) is 0 Å². The van der Waals surface area contributed by atoms with Crippen LogP contribution in [0.5, 0.6) is 0 Å². The first-order valence-electron chi connectivity index (χ1n) is 7.97. The minimum Gasteiger partial charge on any atom is -0.354 e. The van der Waals surface area contributed by atoms with Gasteiger partial charge in [0.25, 0.3) is 0 Å². The Morgan fingerprint density at radius 1 is 0.680 bits per heavy atom. The summed E-state index contributed by atoms with van der Waals surface area (Å²) in [6.45, 7) is 0. The quantitative estimate of drug-likeness (QED) is 0.377. The van der Waals surface area contributed by atoms with Crippen LogP contribution in [0.4, 0.5) is 0 Å². The van der Waals surface area contributed by atoms with Crippen LogP contribution in [0, 0.1) is 0 Å². The number of aromatic nitrogens is 1. The van der Waals surface area contributed by atoms with E-state index in [4.69, 9.17) is 0 Å². The van der Waals surface area contributed by atoms with Crippen LogP contribution in [-0.2, 0) is 0 Å². The SMILES string of the molecule is O=c1c2cc(-c3cccs3)ccc2[nH]c2ccc(-c3cccs3)cc12. The number of nitrogens with one attached hydrogen (secondary N) is 1. The van der Waals surface area contributed by atoms with Crippen LogP contribution in [0.15, 0.2) is 76.2 Å². The van der Waals surface area contributed by atoms with Gasteiger partial charge in [0.05, 0.1) is 0 Å². The predicted molar refractivity (Wildman–Crippen MR) is 109 cm³/mol. The molecule has 0 fully saturated rings. The second kappa shape index (κ2) is 5.69. The van der Waals surface area contributed by atoms with E-state index in [1.54, 1.807) is 22.7 Å². The van der Waals surface area contributed by atoms with Gasteiger partial charge in [-0.1, -0.05) is 24.3 Å². The first kappa shape index (κ1) is 14.6. The minimum atomic E-state index is 0.0839. The van der Waals surface area contributed by atoms with E-state index in [9.17, 15) is 4.79 Å². The topological polar surface area (TPSA) is 32.9 Å². The lowest BCUT2D eigenvalue weighted by Gasteiger charge is -2.06. The molecule has 0 aliphatic rings. The van der Waals surface area contributed by atoms with Crippen LogP contribution in [0.25, 0.3) is 42.7 Å². The average Bonchev–Trinajstić information content (AvgIpc) is 3.35. The number of fused-ring (bicyclic) bond motifs is 2. The Morgan fingerprint density at radius 3 is 1.64 bits per heavy atom. The van der Waals surface area contributed by atoms with E-state index in [2.05, 4.69) is 40.0 Å². The van der Waals surface area contributed by atoms with Crippen molar-refractivity contribution >= 4 is 44.5 Å². The molecular formula is C21H13NOS2. The second-order valence-electron chi connectivity index (χ2n) is 5.93. The number of hydrogen-bond acceptors (Lipinski definition) is 3. The molecule has 0 aliphatic carbocycles. The Labute approximate surface area is 152 Å². The molecular weight excluding hydrogens is 346 g/mol. The van der Waals surface area contributed by atoms with Gasteiger partial charge in [0, 0.05) is 31.6 Å². The smallest absolute Gasteiger partial charge is 0.197 e. The van der Waals surface area contributed by atoms with Crippen molar-refractivity contribution in [2.45, 2.75) is 0 Å². The van der Waals surface area contributed by atoms with E-state index < -0.39 is 0 Å². The predicted octanol–water partition coefficient (Wildman–Crippen LogP) is 6.14. The summed E-state index contributed by atoms with van der Waals surface area (Å²) in [5, 5.41) is 5.58. The molecule has 0 radical (unpaired) electrons. The number of benzene rings is 2. The van der Waals surface area contributed by atoms with E-state index in [1.165, 1.54) is 9.75 Å². The maximum Gasteiger partial charge on any atom is 0.197 e. The molecule has 25 heavy (non-hydrogen) atoms. The highest BCUT2D eigenvalue weighted by atomic mass is 32.1. The summed E-state index contributed by atoms with van der Waals surface area (Å²) >= 11 is 3.37. The van der Waals surface area contributed by atoms with Crippen molar-refractivity contribution in [2.75, 3.05) is 0 Å². The summed E-state index contributed by atoms with van der Waals surface area (Å²) in [4.78, 5) is 18.9. The molecule has 0 amide bonds. The molecule has 4 heteroatoms. The van der Waals surface area contributed by atoms with Crippen LogP contribution in [0.3, 0.4) is 0 Å². The number of pyridine rings is 1. The van der Waals surface area contributed by atoms with Crippen LogP contribution >= 0.6 is 22.7 Å². The van der Waals surface area contributed by atoms with Crippen LogP contribution in [0.1, 0.15) is 0 Å². The zero-order valence-corrected chi connectivity index (χ0v) is 14.8. The molecule has 3 heterocycles. The maximum absolute atomic E-state index is 13.1. The molecule has 0 bridgehead atoms. The van der Waals surface area contributed by atoms with Gasteiger partial charge in [-0.15, -0.1) is 22.7 Å². The van der Waals surface area contributed by atoms with Gasteiger partial charge in [0.2, 0.25) is 0 Å². The number of H-pyrrole nitrogens is 1. The Morgan fingerprint density at radius 2 is 1.20 bits per heavy atom. The zero-order valence-electron chi connectivity index (χ0n) is 13.2. The van der Waals surface area contributed by atoms with Gasteiger partial charge in [-0.3, -0.25) is 4.79 Å². The van der Waals surface area contributed by atoms with Gasteiger partial charge >= 0.3 is 0 Å². The highest BCUT2D eigenvalue weighted by Crippen LogP contribution is 2.29. The largest absolute Gasteiger partial charge is 0.354 e. The van der Waals surface area contributed by atoms with E-state index in [1.807, 2.05) is 36.4 Å². The summed E-state index contributed by atoms with van der Waals surface area (Å²) < 4.78 is 0. The molecule has 1 N–H and O–H groups in total. The van der Waals surface area contributed by atoms with Crippen molar-refractivity contribution in [3.63, 3.8) is 0 Å². The van der Waals surface area contributed by atoms with Gasteiger partial charge in [-0.2, -0.15) is 0 Å². The van der Waals surface area contributed by atoms with E-state index in [0.717, 1.165) is 32.9 Å². The molecule has 5 aromatic rings. The highest BCUT2D eigenvalue weighted by Gasteiger charge is 2.09. The zero-order chi connectivity index (χ0) is 16.8. The lowest BCUT2D eigenvalue weighted by Crippen LogP contribution is -2.04. The fourth-order valence-corrected chi connectivity index (χ4v) is 4.61. The monoisotopic (exact) mass is 359 g/mol. The van der Waals surface area contributed by atoms with Gasteiger partial charge in [0.15, 0.2) is 5.43 Å². The van der Waals surface area contributed by atoms with Crippen LogP contribution in [-0.4, -0.2) is 4.98 Å². The number of thiophene rings is 2. The number of rotatable bonds is 2. The molecule has 5 rings (SSSR count). The fraction of sp³-hybridized carbons (Fsp3) is 0. The molecule has 0 saturated heterocycles. The molecule has 0 atom stereocenters. The standard InChI is InChI=1S/C21H13NOS2/c23-21-15-11-13(19-3-1-9-24-19)5-7-17(15)22-18-8-6-14(12-16(18)21)20-4-2-10-25-20/h1-12H,(H,22,23). The average molecular weight is 359 g/mol. The molecule has 120 valence electrons. The Bertz CT molecular complexity index is 1150. The van der Waals surface area contributed by atoms with Crippen molar-refractivity contribution < 1.29 is 0 Å². The lowest BCUT2D eigenvalue weighted by atomic mass is 10.0. The normalized spacial score (nSPS) is 11.4. The van der Waals surface area contributed by atoms with Crippen molar-refractivity contribution in [2.24, 2.45) is 0 Å². The number of hydrogen-bond donors (Lipinski definition) is 1. The molecule has 3 aromatic heterocycles. The van der Waals surface area contributed by atoms with Crippen LogP contribution in [0.2, 0.25) is 0 Å². The van der Waals surface area contributed by atoms with Crippen molar-refractivity contribution in [1.29, 1.82) is 0 Å². The van der Waals surface area contributed by atoms with E-state index in [0.29, 0.717) is 0 Å².